The van der Waals surface area contributed by atoms with Crippen LogP contribution in [0, 0.1) is 11.3 Å². The van der Waals surface area contributed by atoms with Gasteiger partial charge in [-0.15, -0.1) is 0 Å². The summed E-state index contributed by atoms with van der Waals surface area (Å²) < 4.78 is 6.15. The third-order valence-corrected chi connectivity index (χ3v) is 9.80. The Labute approximate surface area is 288 Å². The molecule has 2 aliphatic heterocycles. The highest BCUT2D eigenvalue weighted by molar-refractivity contribution is 6.30. The molecule has 0 radical (unpaired) electrons. The number of amides is 2. The molecule has 3 heterocycles. The fraction of sp³-hybridized carbons (Fsp3) is 0.472. The van der Waals surface area contributed by atoms with E-state index < -0.39 is 11.1 Å². The van der Waals surface area contributed by atoms with Crippen molar-refractivity contribution in [1.82, 2.24) is 24.7 Å². The number of hydrogen-bond acceptors (Lipinski definition) is 7. The zero-order chi connectivity index (χ0) is 34.0. The minimum atomic E-state index is -1.02. The van der Waals surface area contributed by atoms with Gasteiger partial charge in [-0.25, -0.2) is 9.78 Å². The van der Waals surface area contributed by atoms with E-state index in [1.807, 2.05) is 65.3 Å². The lowest BCUT2D eigenvalue weighted by atomic mass is 9.71. The normalized spacial score (nSPS) is 21.8. The third kappa shape index (κ3) is 6.69. The molecule has 0 unspecified atom stereocenters. The molecule has 0 aliphatic carbocycles. The number of carbonyl (C=O) groups excluding carboxylic acids is 1. The number of amidine groups is 1. The number of halogens is 2. The molecule has 1 aromatic heterocycles. The van der Waals surface area contributed by atoms with Crippen LogP contribution in [0.1, 0.15) is 76.9 Å². The summed E-state index contributed by atoms with van der Waals surface area (Å²) in [5.74, 6) is 1.45. The number of urea groups is 1. The van der Waals surface area contributed by atoms with Gasteiger partial charge in [0.15, 0.2) is 0 Å². The second kappa shape index (κ2) is 13.8. The number of carbonyl (C=O) groups is 1. The summed E-state index contributed by atoms with van der Waals surface area (Å²) >= 11 is 12.8. The molecule has 0 N–H and O–H groups in total. The predicted octanol–water partition coefficient (Wildman–Crippen LogP) is 7.41. The molecule has 47 heavy (non-hydrogen) atoms. The third-order valence-electron chi connectivity index (χ3n) is 9.29. The lowest BCUT2D eigenvalue weighted by Crippen LogP contribution is -2.60. The zero-order valence-corrected chi connectivity index (χ0v) is 29.6. The number of rotatable bonds is 8. The van der Waals surface area contributed by atoms with Crippen LogP contribution in [0.25, 0.3) is 0 Å². The first-order valence-corrected chi connectivity index (χ1v) is 16.9. The first-order chi connectivity index (χ1) is 22.3. The minimum Gasteiger partial charge on any atom is -0.477 e. The van der Waals surface area contributed by atoms with Crippen LogP contribution in [-0.4, -0.2) is 75.9 Å². The van der Waals surface area contributed by atoms with E-state index in [2.05, 4.69) is 45.6 Å². The van der Waals surface area contributed by atoms with Crippen molar-refractivity contribution in [2.45, 2.75) is 70.9 Å². The molecule has 2 atom stereocenters. The molecule has 0 bridgehead atoms. The van der Waals surface area contributed by atoms with E-state index in [-0.39, 0.29) is 11.4 Å². The standard InChI is InChI=1S/C36H43Cl2N7O2/c1-7-47-31-29(24-40-32(41-31)34(2,3)4)30-42-35(5,25-10-14-27(37)15-11-25)36(6,26-12-16-28(38)17-13-26)45(30)33(46)44-22-20-43(21-23-44)19-9-8-18-39/h10-17,24H,7-9,19-23H2,1-6H3/t35-,36+/m0/s1. The quantitative estimate of drug-likeness (QED) is 0.231. The van der Waals surface area contributed by atoms with Gasteiger partial charge in [-0.05, 0) is 69.1 Å². The molecular formula is C36H43Cl2N7O2. The van der Waals surface area contributed by atoms with E-state index in [4.69, 9.17) is 48.2 Å². The molecule has 3 aromatic rings. The van der Waals surface area contributed by atoms with Crippen molar-refractivity contribution in [3.63, 3.8) is 0 Å². The number of aliphatic imine (C=N–C) groups is 1. The number of hydrogen-bond donors (Lipinski definition) is 0. The maximum atomic E-state index is 15.1. The second-order valence-corrected chi connectivity index (χ2v) is 14.3. The summed E-state index contributed by atoms with van der Waals surface area (Å²) in [5.41, 5.74) is -0.0112. The maximum Gasteiger partial charge on any atom is 0.326 e. The van der Waals surface area contributed by atoms with Crippen LogP contribution in [0.5, 0.6) is 5.88 Å². The Hall–Kier alpha value is -3.71. The molecule has 2 amide bonds. The summed E-state index contributed by atoms with van der Waals surface area (Å²) in [5, 5.41) is 10.2. The molecule has 1 fully saturated rings. The Morgan fingerprint density at radius 3 is 2.13 bits per heavy atom. The number of benzene rings is 2. The molecule has 11 heteroatoms. The highest BCUT2D eigenvalue weighted by Crippen LogP contribution is 2.54. The van der Waals surface area contributed by atoms with Gasteiger partial charge in [0.05, 0.1) is 18.2 Å². The highest BCUT2D eigenvalue weighted by Gasteiger charge is 2.60. The van der Waals surface area contributed by atoms with Gasteiger partial charge in [-0.1, -0.05) is 68.2 Å². The molecule has 0 spiro atoms. The lowest BCUT2D eigenvalue weighted by molar-refractivity contribution is 0.0865. The van der Waals surface area contributed by atoms with Crippen molar-refractivity contribution < 1.29 is 9.53 Å². The molecule has 2 aromatic carbocycles. The van der Waals surface area contributed by atoms with Crippen LogP contribution in [-0.2, 0) is 16.5 Å². The Kier molecular flexibility index (Phi) is 10.2. The molecular weight excluding hydrogens is 633 g/mol. The molecule has 248 valence electrons. The number of aromatic nitrogens is 2. The van der Waals surface area contributed by atoms with E-state index in [0.717, 1.165) is 37.2 Å². The van der Waals surface area contributed by atoms with E-state index in [9.17, 15) is 0 Å². The smallest absolute Gasteiger partial charge is 0.326 e. The number of ether oxygens (including phenoxy) is 1. The average molecular weight is 677 g/mol. The molecule has 2 aliphatic rings. The zero-order valence-electron chi connectivity index (χ0n) is 28.1. The van der Waals surface area contributed by atoms with Crippen molar-refractivity contribution in [3.8, 4) is 11.9 Å². The van der Waals surface area contributed by atoms with Crippen molar-refractivity contribution in [3.05, 3.63) is 87.3 Å². The van der Waals surface area contributed by atoms with Crippen molar-refractivity contribution in [2.24, 2.45) is 4.99 Å². The van der Waals surface area contributed by atoms with Crippen LogP contribution in [0.2, 0.25) is 10.0 Å². The molecule has 9 nitrogen and oxygen atoms in total. The van der Waals surface area contributed by atoms with E-state index in [1.54, 1.807) is 6.20 Å². The van der Waals surface area contributed by atoms with Gasteiger partial charge in [0.1, 0.15) is 22.7 Å². The first kappa shape index (κ1) is 34.6. The van der Waals surface area contributed by atoms with Gasteiger partial charge >= 0.3 is 6.03 Å². The minimum absolute atomic E-state index is 0.169. The fourth-order valence-electron chi connectivity index (χ4n) is 6.38. The van der Waals surface area contributed by atoms with Gasteiger partial charge in [-0.2, -0.15) is 10.2 Å². The van der Waals surface area contributed by atoms with Gasteiger partial charge in [0.25, 0.3) is 0 Å². The highest BCUT2D eigenvalue weighted by atomic mass is 35.5. The Morgan fingerprint density at radius 2 is 1.57 bits per heavy atom. The predicted molar refractivity (Wildman–Crippen MR) is 186 cm³/mol. The second-order valence-electron chi connectivity index (χ2n) is 13.4. The average Bonchev–Trinajstić information content (AvgIpc) is 3.29. The van der Waals surface area contributed by atoms with Gasteiger partial charge in [0.2, 0.25) is 5.88 Å². The van der Waals surface area contributed by atoms with Gasteiger partial charge in [-0.3, -0.25) is 14.8 Å². The SMILES string of the molecule is CCOc1nc(C(C)(C)C)ncc1C1=N[C@@](C)(c2ccc(Cl)cc2)[C@@](C)(c2ccc(Cl)cc2)N1C(=O)N1CCN(CCCC#N)CC1. The monoisotopic (exact) mass is 675 g/mol. The van der Waals surface area contributed by atoms with Crippen LogP contribution in [0.3, 0.4) is 0 Å². The van der Waals surface area contributed by atoms with Crippen molar-refractivity contribution >= 4 is 35.1 Å². The van der Waals surface area contributed by atoms with Crippen LogP contribution < -0.4 is 4.74 Å². The van der Waals surface area contributed by atoms with E-state index >= 15 is 4.79 Å². The first-order valence-electron chi connectivity index (χ1n) is 16.1. The molecule has 1 saturated heterocycles. The van der Waals surface area contributed by atoms with Crippen LogP contribution in [0.15, 0.2) is 59.7 Å². The largest absolute Gasteiger partial charge is 0.477 e. The van der Waals surface area contributed by atoms with Crippen LogP contribution in [0.4, 0.5) is 4.79 Å². The topological polar surface area (TPSA) is 97.9 Å². The maximum absolute atomic E-state index is 15.1. The summed E-state index contributed by atoms with van der Waals surface area (Å²) in [6.07, 6.45) is 3.07. The fourth-order valence-corrected chi connectivity index (χ4v) is 6.63. The van der Waals surface area contributed by atoms with Crippen molar-refractivity contribution in [2.75, 3.05) is 39.3 Å². The molecule has 0 saturated carbocycles. The summed E-state index contributed by atoms with van der Waals surface area (Å²) in [4.78, 5) is 36.2. The van der Waals surface area contributed by atoms with Gasteiger partial charge in [0, 0.05) is 54.3 Å². The summed E-state index contributed by atoms with van der Waals surface area (Å²) in [7, 11) is 0. The number of nitriles is 1. The van der Waals surface area contributed by atoms with E-state index in [1.165, 1.54) is 0 Å². The molecule has 5 rings (SSSR count). The number of unbranched alkanes of at least 4 members (excludes halogenated alkanes) is 1. The van der Waals surface area contributed by atoms with E-state index in [0.29, 0.717) is 59.3 Å². The Balaban J connectivity index is 1.69. The summed E-state index contributed by atoms with van der Waals surface area (Å²) in [6, 6.07) is 17.3. The van der Waals surface area contributed by atoms with Crippen LogP contribution >= 0.6 is 23.2 Å². The Bertz CT molecular complexity index is 1660. The van der Waals surface area contributed by atoms with Crippen molar-refractivity contribution in [1.29, 1.82) is 5.26 Å². The number of piperazine rings is 1. The lowest BCUT2D eigenvalue weighted by Gasteiger charge is -2.47. The number of nitrogens with zero attached hydrogens (tertiary/aromatic N) is 7. The summed E-state index contributed by atoms with van der Waals surface area (Å²) in [6.45, 7) is 15.9. The van der Waals surface area contributed by atoms with Gasteiger partial charge < -0.3 is 9.64 Å². The Morgan fingerprint density at radius 1 is 0.979 bits per heavy atom.